The van der Waals surface area contributed by atoms with Gasteiger partial charge in [-0.05, 0) is 27.7 Å². The van der Waals surface area contributed by atoms with Gasteiger partial charge in [-0.1, -0.05) is 32.9 Å². The molecule has 0 spiro atoms. The molecule has 0 radical (unpaired) electrons. The molecule has 0 aromatic carbocycles. The molecule has 0 unspecified atom stereocenters. The Morgan fingerprint density at radius 2 is 0.867 bits per heavy atom. The first-order valence-corrected chi connectivity index (χ1v) is 14.6. The zero-order chi connectivity index (χ0) is 35.0. The third kappa shape index (κ3) is 16.7. The van der Waals surface area contributed by atoms with Crippen molar-refractivity contribution in [3.63, 3.8) is 0 Å². The van der Waals surface area contributed by atoms with Crippen molar-refractivity contribution in [3.05, 3.63) is 61.3 Å². The molecule has 252 valence electrons. The molecule has 0 aromatic heterocycles. The summed E-state index contributed by atoms with van der Waals surface area (Å²) < 4.78 is 48.3. The van der Waals surface area contributed by atoms with Gasteiger partial charge in [-0.15, -0.1) is 0 Å². The summed E-state index contributed by atoms with van der Waals surface area (Å²) in [4.78, 5) is 79.6. The molecule has 0 saturated heterocycles. The van der Waals surface area contributed by atoms with E-state index in [-0.39, 0.29) is 22.3 Å². The molecule has 0 aromatic rings. The molecule has 0 heterocycles. The van der Waals surface area contributed by atoms with Crippen molar-refractivity contribution in [2.45, 2.75) is 27.7 Å². The fourth-order valence-corrected chi connectivity index (χ4v) is 3.30. The van der Waals surface area contributed by atoms with Gasteiger partial charge in [0.25, 0.3) is 0 Å². The fraction of sp³-hybridized carbons (Fsp3) is 0.483. The van der Waals surface area contributed by atoms with Crippen molar-refractivity contribution in [1.82, 2.24) is 0 Å². The van der Waals surface area contributed by atoms with E-state index in [1.807, 2.05) is 0 Å². The number of rotatable bonds is 22. The lowest BCUT2D eigenvalue weighted by Crippen LogP contribution is -2.47. The summed E-state index contributed by atoms with van der Waals surface area (Å²) in [5, 5.41) is 0. The monoisotopic (exact) mass is 660 g/mol. The van der Waals surface area contributed by atoms with Crippen LogP contribution in [0.15, 0.2) is 61.3 Å². The van der Waals surface area contributed by atoms with Gasteiger partial charge in [-0.3, -0.25) is 4.52 Å². The molecule has 0 atom stereocenters. The quantitative estimate of drug-likeness (QED) is 0.0739. The van der Waals surface area contributed by atoms with Gasteiger partial charge in [-0.2, -0.15) is 0 Å². The molecule has 0 aliphatic heterocycles. The van der Waals surface area contributed by atoms with E-state index >= 15 is 0 Å². The summed E-state index contributed by atoms with van der Waals surface area (Å²) in [6.45, 7) is 17.8. The van der Waals surface area contributed by atoms with E-state index in [0.717, 1.165) is 6.08 Å². The van der Waals surface area contributed by atoms with Gasteiger partial charge in [0.05, 0.1) is 30.7 Å². The van der Waals surface area contributed by atoms with E-state index in [4.69, 9.17) is 28.4 Å². The highest BCUT2D eigenvalue weighted by Gasteiger charge is 2.41. The van der Waals surface area contributed by atoms with Gasteiger partial charge < -0.3 is 38.2 Å². The number of phosphoric ester groups is 1. The molecule has 0 fully saturated rings. The first-order valence-electron chi connectivity index (χ1n) is 13.1. The highest BCUT2D eigenvalue weighted by Crippen LogP contribution is 2.39. The van der Waals surface area contributed by atoms with Gasteiger partial charge in [0.2, 0.25) is 0 Å². The lowest BCUT2D eigenvalue weighted by atomic mass is 9.90. The average Bonchev–Trinajstić information content (AvgIpc) is 2.96. The predicted molar refractivity (Wildman–Crippen MR) is 158 cm³/mol. The maximum atomic E-state index is 12.2. The molecule has 15 nitrogen and oxygen atoms in total. The van der Waals surface area contributed by atoms with Crippen molar-refractivity contribution in [2.24, 2.45) is 10.8 Å². The van der Waals surface area contributed by atoms with Crippen molar-refractivity contribution in [2.75, 3.05) is 52.9 Å². The molecular weight excluding hydrogens is 619 g/mol. The molecule has 0 aliphatic carbocycles. The summed E-state index contributed by atoms with van der Waals surface area (Å²) in [6, 6.07) is 0. The molecule has 0 amide bonds. The zero-order valence-corrected chi connectivity index (χ0v) is 26.8. The molecule has 0 aliphatic rings. The molecular formula is C29H41O15P. The van der Waals surface area contributed by atoms with E-state index in [0.29, 0.717) is 0 Å². The van der Waals surface area contributed by atoms with Gasteiger partial charge in [0, 0.05) is 28.4 Å². The molecule has 2 N–H and O–H groups in total. The van der Waals surface area contributed by atoms with Crippen LogP contribution in [0.3, 0.4) is 0 Å². The molecule has 16 heteroatoms. The Kier molecular flexibility index (Phi) is 17.2. The highest BCUT2D eigenvalue weighted by atomic mass is 31.2. The smallest absolute Gasteiger partial charge is 0.462 e. The van der Waals surface area contributed by atoms with Crippen LogP contribution in [0.25, 0.3) is 0 Å². The third-order valence-electron chi connectivity index (χ3n) is 5.47. The maximum Gasteiger partial charge on any atom is 0.469 e. The minimum Gasteiger partial charge on any atom is -0.462 e. The van der Waals surface area contributed by atoms with Gasteiger partial charge in [0.15, 0.2) is 0 Å². The Bertz CT molecular complexity index is 1170. The normalized spacial score (nSPS) is 11.4. The number of hydrogen-bond acceptors (Lipinski definition) is 13. The number of phosphoric acid groups is 1. The Morgan fingerprint density at radius 3 is 1.13 bits per heavy atom. The Labute approximate surface area is 261 Å². The molecule has 0 bridgehead atoms. The van der Waals surface area contributed by atoms with Crippen LogP contribution in [0, 0.1) is 10.8 Å². The molecule has 45 heavy (non-hydrogen) atoms. The SMILES string of the molecule is C=CC(=O)OCC(COCC(COC(=O)C(=C)C)(COC(=O)C(=C)C)COP(=O)(O)O)(COC(=O)C(=C)C)COC(=O)C(=C)C. The minimum atomic E-state index is -5.12. The summed E-state index contributed by atoms with van der Waals surface area (Å²) in [5.41, 5.74) is -3.32. The largest absolute Gasteiger partial charge is 0.469 e. The second kappa shape index (κ2) is 18.8. The van der Waals surface area contributed by atoms with Crippen LogP contribution in [0.5, 0.6) is 0 Å². The van der Waals surface area contributed by atoms with E-state index in [9.17, 15) is 38.3 Å². The zero-order valence-electron chi connectivity index (χ0n) is 25.9. The van der Waals surface area contributed by atoms with E-state index < -0.39 is 101 Å². The van der Waals surface area contributed by atoms with Gasteiger partial charge >= 0.3 is 37.7 Å². The summed E-state index contributed by atoms with van der Waals surface area (Å²) in [7, 11) is -5.12. The number of hydrogen-bond donors (Lipinski definition) is 2. The highest BCUT2D eigenvalue weighted by molar-refractivity contribution is 7.46. The Morgan fingerprint density at radius 1 is 0.578 bits per heavy atom. The predicted octanol–water partition coefficient (Wildman–Crippen LogP) is 2.29. The van der Waals surface area contributed by atoms with Crippen LogP contribution in [-0.4, -0.2) is 92.5 Å². The number of esters is 5. The molecule has 0 rings (SSSR count). The van der Waals surface area contributed by atoms with Crippen LogP contribution in [0.2, 0.25) is 0 Å². The topological polar surface area (TPSA) is 207 Å². The van der Waals surface area contributed by atoms with Crippen LogP contribution in [-0.2, 0) is 61.5 Å². The second-order valence-electron chi connectivity index (χ2n) is 10.5. The van der Waals surface area contributed by atoms with Crippen LogP contribution < -0.4 is 0 Å². The summed E-state index contributed by atoms with van der Waals surface area (Å²) in [5.74, 6) is -4.30. The van der Waals surface area contributed by atoms with Gasteiger partial charge in [0.1, 0.15) is 33.0 Å². The van der Waals surface area contributed by atoms with Crippen LogP contribution >= 0.6 is 7.82 Å². The Balaban J connectivity index is 6.60. The molecule has 0 saturated carbocycles. The van der Waals surface area contributed by atoms with Crippen molar-refractivity contribution in [3.8, 4) is 0 Å². The Hall–Kier alpha value is -3.88. The van der Waals surface area contributed by atoms with E-state index in [1.54, 1.807) is 0 Å². The third-order valence-corrected chi connectivity index (χ3v) is 5.94. The lowest BCUT2D eigenvalue weighted by Gasteiger charge is -2.35. The lowest BCUT2D eigenvalue weighted by molar-refractivity contribution is -0.167. The number of ether oxygens (including phenoxy) is 6. The average molecular weight is 661 g/mol. The fourth-order valence-electron chi connectivity index (χ4n) is 2.86. The van der Waals surface area contributed by atoms with Crippen molar-refractivity contribution >= 4 is 37.7 Å². The van der Waals surface area contributed by atoms with E-state index in [1.165, 1.54) is 27.7 Å². The first kappa shape index (κ1) is 41.1. The van der Waals surface area contributed by atoms with Crippen molar-refractivity contribution < 1.29 is 71.3 Å². The number of carbonyl (C=O) groups is 5. The first-order chi connectivity index (χ1) is 20.7. The van der Waals surface area contributed by atoms with Crippen molar-refractivity contribution in [1.29, 1.82) is 0 Å². The summed E-state index contributed by atoms with van der Waals surface area (Å²) in [6.07, 6.45) is 0.863. The van der Waals surface area contributed by atoms with Gasteiger partial charge in [-0.25, -0.2) is 28.5 Å². The standard InChI is InChI=1S/C29H41O15P/c1-10-23(30)39-13-28(14-40-24(31)19(2)3,15-41-25(32)20(4)5)11-38-12-29(18-44-45(35,36)37,16-42-26(33)21(6)7)17-43-27(34)22(8)9/h10H,1-2,4,6,8,11-18H2,3,5,7,9H3,(H2,35,36,37). The van der Waals surface area contributed by atoms with Crippen LogP contribution in [0.4, 0.5) is 0 Å². The minimum absolute atomic E-state index is 0.0126. The summed E-state index contributed by atoms with van der Waals surface area (Å²) >= 11 is 0. The van der Waals surface area contributed by atoms with E-state index in [2.05, 4.69) is 37.4 Å². The maximum absolute atomic E-state index is 12.2. The second-order valence-corrected chi connectivity index (χ2v) is 11.7. The number of carbonyl (C=O) groups excluding carboxylic acids is 5. The van der Waals surface area contributed by atoms with Crippen LogP contribution in [0.1, 0.15) is 27.7 Å².